The quantitative estimate of drug-likeness (QED) is 0.754. The lowest BCUT2D eigenvalue weighted by molar-refractivity contribution is -0.120. The summed E-state index contributed by atoms with van der Waals surface area (Å²) in [5, 5.41) is 8.80. The summed E-state index contributed by atoms with van der Waals surface area (Å²) in [4.78, 5) is 14.1. The Hall–Kier alpha value is -2.98. The third-order valence-electron chi connectivity index (χ3n) is 3.84. The van der Waals surface area contributed by atoms with Crippen LogP contribution in [0.25, 0.3) is 0 Å². The van der Waals surface area contributed by atoms with Crippen molar-refractivity contribution in [3.05, 3.63) is 47.2 Å². The summed E-state index contributed by atoms with van der Waals surface area (Å²) in [5.41, 5.74) is 0.570. The number of ether oxygens (including phenoxy) is 3. The van der Waals surface area contributed by atoms with E-state index < -0.39 is 5.82 Å². The number of carbonyl (C=O) groups excluding carboxylic acids is 1. The molecule has 27 heavy (non-hydrogen) atoms. The number of fused-ring (bicyclic) bond motifs is 1. The fourth-order valence-electron chi connectivity index (χ4n) is 2.55. The van der Waals surface area contributed by atoms with E-state index in [0.29, 0.717) is 30.4 Å². The molecule has 2 aromatic carbocycles. The molecule has 3 rings (SSSR count). The van der Waals surface area contributed by atoms with Crippen LogP contribution < -0.4 is 19.1 Å². The van der Waals surface area contributed by atoms with Crippen molar-refractivity contribution in [1.29, 1.82) is 5.26 Å². The van der Waals surface area contributed by atoms with E-state index in [9.17, 15) is 9.18 Å². The molecule has 1 heterocycles. The van der Waals surface area contributed by atoms with Gasteiger partial charge in [-0.15, -0.1) is 0 Å². The van der Waals surface area contributed by atoms with Crippen molar-refractivity contribution in [2.24, 2.45) is 0 Å². The lowest BCUT2D eigenvalue weighted by Crippen LogP contribution is -2.35. The van der Waals surface area contributed by atoms with E-state index in [-0.39, 0.29) is 36.3 Å². The van der Waals surface area contributed by atoms with Crippen LogP contribution in [0.15, 0.2) is 36.4 Å². The summed E-state index contributed by atoms with van der Waals surface area (Å²) in [7, 11) is 0. The van der Waals surface area contributed by atoms with Crippen molar-refractivity contribution in [3.8, 4) is 23.3 Å². The molecule has 8 heteroatoms. The Morgan fingerprint density at radius 1 is 1.22 bits per heavy atom. The number of nitriles is 1. The van der Waals surface area contributed by atoms with Crippen LogP contribution in [0.5, 0.6) is 17.2 Å². The maximum absolute atomic E-state index is 13.2. The highest BCUT2D eigenvalue weighted by atomic mass is 35.5. The number of carbonyl (C=O) groups is 1. The Balaban J connectivity index is 1.74. The van der Waals surface area contributed by atoms with Gasteiger partial charge >= 0.3 is 0 Å². The Bertz CT molecular complexity index is 884. The normalized spacial score (nSPS) is 12.2. The van der Waals surface area contributed by atoms with Gasteiger partial charge in [-0.1, -0.05) is 11.6 Å². The second kappa shape index (κ2) is 8.60. The zero-order valence-corrected chi connectivity index (χ0v) is 15.0. The molecule has 0 saturated heterocycles. The number of benzene rings is 2. The number of halogens is 2. The van der Waals surface area contributed by atoms with Gasteiger partial charge in [0.2, 0.25) is 0 Å². The minimum atomic E-state index is -0.567. The molecule has 0 radical (unpaired) electrons. The topological polar surface area (TPSA) is 71.8 Å². The van der Waals surface area contributed by atoms with Crippen LogP contribution in [0.1, 0.15) is 6.42 Å². The number of hydrogen-bond acceptors (Lipinski definition) is 5. The first kappa shape index (κ1) is 18.8. The van der Waals surface area contributed by atoms with Gasteiger partial charge in [-0.3, -0.25) is 4.79 Å². The van der Waals surface area contributed by atoms with Crippen LogP contribution in [-0.4, -0.2) is 32.3 Å². The van der Waals surface area contributed by atoms with Crippen molar-refractivity contribution in [3.63, 3.8) is 0 Å². The molecule has 0 atom stereocenters. The maximum atomic E-state index is 13.2. The Morgan fingerprint density at radius 2 is 2.00 bits per heavy atom. The first-order valence-corrected chi connectivity index (χ1v) is 8.61. The second-order valence-corrected chi connectivity index (χ2v) is 6.05. The van der Waals surface area contributed by atoms with Crippen molar-refractivity contribution < 1.29 is 23.4 Å². The lowest BCUT2D eigenvalue weighted by Gasteiger charge is -2.25. The summed E-state index contributed by atoms with van der Waals surface area (Å²) in [6.45, 7) is 0.804. The molecular formula is C19H16ClFN2O4. The van der Waals surface area contributed by atoms with Crippen LogP contribution in [0.2, 0.25) is 5.02 Å². The van der Waals surface area contributed by atoms with Gasteiger partial charge in [0.1, 0.15) is 24.8 Å². The van der Waals surface area contributed by atoms with Gasteiger partial charge in [0.05, 0.1) is 17.5 Å². The highest BCUT2D eigenvalue weighted by Crippen LogP contribution is 2.34. The van der Waals surface area contributed by atoms with Crippen molar-refractivity contribution in [2.45, 2.75) is 6.42 Å². The van der Waals surface area contributed by atoms with Gasteiger partial charge in [-0.05, 0) is 24.3 Å². The monoisotopic (exact) mass is 390 g/mol. The molecule has 0 spiro atoms. The average molecular weight is 391 g/mol. The summed E-state index contributed by atoms with van der Waals surface area (Å²) < 4.78 is 29.6. The van der Waals surface area contributed by atoms with Crippen molar-refractivity contribution in [2.75, 3.05) is 31.3 Å². The fraction of sp³-hybridized carbons (Fsp3) is 0.263. The predicted octanol–water partition coefficient (Wildman–Crippen LogP) is 3.58. The lowest BCUT2D eigenvalue weighted by atomic mass is 10.2. The minimum Gasteiger partial charge on any atom is -0.486 e. The molecule has 0 saturated carbocycles. The molecule has 1 amide bonds. The third kappa shape index (κ3) is 4.60. The number of hydrogen-bond donors (Lipinski definition) is 0. The van der Waals surface area contributed by atoms with Gasteiger partial charge in [-0.25, -0.2) is 4.39 Å². The first-order chi connectivity index (χ1) is 13.1. The molecule has 0 aliphatic carbocycles. The van der Waals surface area contributed by atoms with Crippen LogP contribution in [0.3, 0.4) is 0 Å². The SMILES string of the molecule is N#CCCN(C(=O)COc1ccc(F)c(Cl)c1)c1ccc2c(c1)OCCO2. The van der Waals surface area contributed by atoms with E-state index in [4.69, 9.17) is 31.1 Å². The average Bonchev–Trinajstić information content (AvgIpc) is 2.69. The molecule has 0 bridgehead atoms. The van der Waals surface area contributed by atoms with Crippen LogP contribution in [0, 0.1) is 17.1 Å². The molecular weight excluding hydrogens is 375 g/mol. The standard InChI is InChI=1S/C19H16ClFN2O4/c20-15-11-14(3-4-16(15)21)27-12-19(24)23(7-1-6-22)13-2-5-17-18(10-13)26-9-8-25-17/h2-5,10-11H,1,7-9,12H2. The number of amides is 1. The number of anilines is 1. The molecule has 0 fully saturated rings. The van der Waals surface area contributed by atoms with Crippen LogP contribution >= 0.6 is 11.6 Å². The molecule has 1 aliphatic rings. The second-order valence-electron chi connectivity index (χ2n) is 5.65. The highest BCUT2D eigenvalue weighted by Gasteiger charge is 2.20. The third-order valence-corrected chi connectivity index (χ3v) is 4.13. The largest absolute Gasteiger partial charge is 0.486 e. The van der Waals surface area contributed by atoms with E-state index in [1.807, 2.05) is 6.07 Å². The van der Waals surface area contributed by atoms with E-state index in [2.05, 4.69) is 0 Å². The van der Waals surface area contributed by atoms with Gasteiger partial charge in [-0.2, -0.15) is 5.26 Å². The van der Waals surface area contributed by atoms with Crippen LogP contribution in [0.4, 0.5) is 10.1 Å². The Morgan fingerprint density at radius 3 is 2.74 bits per heavy atom. The number of nitrogens with zero attached hydrogens (tertiary/aromatic N) is 2. The maximum Gasteiger partial charge on any atom is 0.264 e. The minimum absolute atomic E-state index is 0.0897. The Kier molecular flexibility index (Phi) is 5.99. The molecule has 140 valence electrons. The molecule has 0 unspecified atom stereocenters. The summed E-state index contributed by atoms with van der Waals surface area (Å²) >= 11 is 5.71. The summed E-state index contributed by atoms with van der Waals surface area (Å²) in [6.07, 6.45) is 0.155. The van der Waals surface area contributed by atoms with E-state index in [1.54, 1.807) is 18.2 Å². The Labute approximate surface area is 160 Å². The van der Waals surface area contributed by atoms with E-state index >= 15 is 0 Å². The highest BCUT2D eigenvalue weighted by molar-refractivity contribution is 6.30. The molecule has 0 aromatic heterocycles. The smallest absolute Gasteiger partial charge is 0.264 e. The van der Waals surface area contributed by atoms with Gasteiger partial charge in [0.25, 0.3) is 5.91 Å². The first-order valence-electron chi connectivity index (χ1n) is 8.23. The zero-order chi connectivity index (χ0) is 19.2. The number of rotatable bonds is 6. The van der Waals surface area contributed by atoms with Gasteiger partial charge in [0, 0.05) is 24.4 Å². The molecule has 1 aliphatic heterocycles. The summed E-state index contributed by atoms with van der Waals surface area (Å²) in [6, 6.07) is 11.0. The van der Waals surface area contributed by atoms with E-state index in [0.717, 1.165) is 6.07 Å². The molecule has 2 aromatic rings. The van der Waals surface area contributed by atoms with Crippen LogP contribution in [-0.2, 0) is 4.79 Å². The zero-order valence-electron chi connectivity index (χ0n) is 14.3. The van der Waals surface area contributed by atoms with E-state index in [1.165, 1.54) is 17.0 Å². The summed E-state index contributed by atoms with van der Waals surface area (Å²) in [5.74, 6) is 0.497. The van der Waals surface area contributed by atoms with Crippen molar-refractivity contribution in [1.82, 2.24) is 0 Å². The fourth-order valence-corrected chi connectivity index (χ4v) is 2.72. The van der Waals surface area contributed by atoms with Gasteiger partial charge < -0.3 is 19.1 Å². The predicted molar refractivity (Wildman–Crippen MR) is 96.9 cm³/mol. The molecule has 0 N–H and O–H groups in total. The van der Waals surface area contributed by atoms with Gasteiger partial charge in [0.15, 0.2) is 18.1 Å². The molecule has 6 nitrogen and oxygen atoms in total. The van der Waals surface area contributed by atoms with Crippen molar-refractivity contribution >= 4 is 23.2 Å².